The van der Waals surface area contributed by atoms with E-state index < -0.39 is 0 Å². The Morgan fingerprint density at radius 1 is 0.805 bits per heavy atom. The highest BCUT2D eigenvalue weighted by Crippen LogP contribution is 2.40. The van der Waals surface area contributed by atoms with Gasteiger partial charge in [-0.1, -0.05) is 68.8 Å². The number of fused-ring (bicyclic) bond motifs is 1. The van der Waals surface area contributed by atoms with E-state index in [-0.39, 0.29) is 29.2 Å². The van der Waals surface area contributed by atoms with Crippen LogP contribution in [-0.2, 0) is 5.41 Å². The molecule has 1 heterocycles. The number of ketones is 2. The van der Waals surface area contributed by atoms with E-state index in [1.807, 2.05) is 42.5 Å². The van der Waals surface area contributed by atoms with E-state index in [1.165, 1.54) is 17.7 Å². The molecule has 208 valence electrons. The molecule has 0 radical (unpaired) electrons. The maximum absolute atomic E-state index is 13.7. The van der Waals surface area contributed by atoms with Crippen LogP contribution in [0.2, 0.25) is 5.02 Å². The molecule has 5 rings (SSSR count). The summed E-state index contributed by atoms with van der Waals surface area (Å²) in [7, 11) is 0. The maximum atomic E-state index is 13.7. The number of carbonyl (C=O) groups excluding carboxylic acids is 2. The van der Waals surface area contributed by atoms with Gasteiger partial charge in [0.2, 0.25) is 0 Å². The standard InChI is InChI=1S/C36H32ClFO3/c1-4-31(39)34-29-20-24(15-19-33(29)41-35(34)23-12-16-27(38)17-13-23)28-21-25(14-18-30(28)37)32(40)22-36(5-2,6-3)26-10-8-7-9-11-26/h7-21H,4-6,22H2,1-3H3. The Hall–Kier alpha value is -4.02. The third kappa shape index (κ3) is 5.49. The lowest BCUT2D eigenvalue weighted by Gasteiger charge is -2.32. The van der Waals surface area contributed by atoms with Gasteiger partial charge in [0.05, 0.1) is 5.56 Å². The minimum Gasteiger partial charge on any atom is -0.455 e. The van der Waals surface area contributed by atoms with Gasteiger partial charge in [-0.25, -0.2) is 4.39 Å². The summed E-state index contributed by atoms with van der Waals surface area (Å²) in [5, 5.41) is 1.16. The Morgan fingerprint density at radius 3 is 2.15 bits per heavy atom. The van der Waals surface area contributed by atoms with Crippen LogP contribution in [0, 0.1) is 5.82 Å². The minimum absolute atomic E-state index is 0.0558. The number of Topliss-reactive ketones (excluding diaryl/α,β-unsaturated/α-hetero) is 2. The van der Waals surface area contributed by atoms with E-state index in [4.69, 9.17) is 16.0 Å². The van der Waals surface area contributed by atoms with Crippen molar-refractivity contribution in [3.8, 4) is 22.5 Å². The van der Waals surface area contributed by atoms with Crippen LogP contribution in [-0.4, -0.2) is 11.6 Å². The minimum atomic E-state index is -0.363. The van der Waals surface area contributed by atoms with Crippen molar-refractivity contribution in [1.29, 1.82) is 0 Å². The second kappa shape index (κ2) is 11.8. The summed E-state index contributed by atoms with van der Waals surface area (Å²) in [5.41, 5.74) is 4.62. The van der Waals surface area contributed by atoms with E-state index in [2.05, 4.69) is 26.0 Å². The predicted molar refractivity (Wildman–Crippen MR) is 164 cm³/mol. The molecule has 0 bridgehead atoms. The molecule has 0 aliphatic heterocycles. The molecule has 0 fully saturated rings. The lowest BCUT2D eigenvalue weighted by atomic mass is 9.71. The zero-order valence-electron chi connectivity index (χ0n) is 23.5. The van der Waals surface area contributed by atoms with Crippen LogP contribution >= 0.6 is 11.6 Å². The fourth-order valence-electron chi connectivity index (χ4n) is 5.65. The third-order valence-corrected chi connectivity index (χ3v) is 8.56. The molecular formula is C36H32ClFO3. The fourth-order valence-corrected chi connectivity index (χ4v) is 5.88. The first kappa shape index (κ1) is 28.5. The average Bonchev–Trinajstić information content (AvgIpc) is 3.39. The number of carbonyl (C=O) groups is 2. The summed E-state index contributed by atoms with van der Waals surface area (Å²) in [5.74, 6) is 0.0285. The van der Waals surface area contributed by atoms with Crippen molar-refractivity contribution in [2.24, 2.45) is 0 Å². The molecule has 4 aromatic carbocycles. The largest absolute Gasteiger partial charge is 0.455 e. The summed E-state index contributed by atoms with van der Waals surface area (Å²) in [4.78, 5) is 26.8. The predicted octanol–water partition coefficient (Wildman–Crippen LogP) is 10.5. The Balaban J connectivity index is 1.56. The van der Waals surface area contributed by atoms with Gasteiger partial charge in [0.25, 0.3) is 0 Å². The Bertz CT molecular complexity index is 1710. The monoisotopic (exact) mass is 566 g/mol. The molecule has 5 aromatic rings. The highest BCUT2D eigenvalue weighted by molar-refractivity contribution is 6.33. The lowest BCUT2D eigenvalue weighted by Crippen LogP contribution is -2.28. The fraction of sp³-hybridized carbons (Fsp3) is 0.222. The number of benzene rings is 4. The van der Waals surface area contributed by atoms with Gasteiger partial charge < -0.3 is 4.42 Å². The maximum Gasteiger partial charge on any atom is 0.167 e. The van der Waals surface area contributed by atoms with Crippen molar-refractivity contribution in [3.63, 3.8) is 0 Å². The zero-order chi connectivity index (χ0) is 29.1. The first-order valence-electron chi connectivity index (χ1n) is 14.0. The molecular weight excluding hydrogens is 535 g/mol. The third-order valence-electron chi connectivity index (χ3n) is 8.23. The van der Waals surface area contributed by atoms with Crippen molar-refractivity contribution < 1.29 is 18.4 Å². The van der Waals surface area contributed by atoms with Gasteiger partial charge >= 0.3 is 0 Å². The van der Waals surface area contributed by atoms with Crippen molar-refractivity contribution in [3.05, 3.63) is 119 Å². The van der Waals surface area contributed by atoms with Crippen molar-refractivity contribution >= 4 is 34.1 Å². The summed E-state index contributed by atoms with van der Waals surface area (Å²) >= 11 is 6.68. The molecule has 0 unspecified atom stereocenters. The quantitative estimate of drug-likeness (QED) is 0.158. The van der Waals surface area contributed by atoms with Crippen LogP contribution in [0.1, 0.15) is 72.7 Å². The summed E-state index contributed by atoms with van der Waals surface area (Å²) in [6, 6.07) is 27.1. The smallest absolute Gasteiger partial charge is 0.167 e. The molecule has 0 N–H and O–H groups in total. The highest BCUT2D eigenvalue weighted by atomic mass is 35.5. The van der Waals surface area contributed by atoms with Crippen molar-refractivity contribution in [2.45, 2.75) is 51.9 Å². The van der Waals surface area contributed by atoms with Crippen LogP contribution in [0.5, 0.6) is 0 Å². The summed E-state index contributed by atoms with van der Waals surface area (Å²) < 4.78 is 19.7. The van der Waals surface area contributed by atoms with Crippen molar-refractivity contribution in [1.82, 2.24) is 0 Å². The molecule has 0 atom stereocenters. The van der Waals surface area contributed by atoms with E-state index >= 15 is 0 Å². The van der Waals surface area contributed by atoms with Crippen LogP contribution in [0.25, 0.3) is 33.4 Å². The summed E-state index contributed by atoms with van der Waals surface area (Å²) in [6.45, 7) is 6.06. The molecule has 1 aromatic heterocycles. The molecule has 0 amide bonds. The first-order valence-corrected chi connectivity index (χ1v) is 14.4. The number of halogens is 2. The molecule has 0 spiro atoms. The Kier molecular flexibility index (Phi) is 8.23. The molecule has 0 saturated heterocycles. The molecule has 0 aliphatic rings. The molecule has 0 saturated carbocycles. The number of hydrogen-bond acceptors (Lipinski definition) is 3. The number of furan rings is 1. The van der Waals surface area contributed by atoms with E-state index in [0.717, 1.165) is 18.4 Å². The van der Waals surface area contributed by atoms with Gasteiger partial charge in [-0.2, -0.15) is 0 Å². The van der Waals surface area contributed by atoms with Crippen LogP contribution in [0.4, 0.5) is 4.39 Å². The molecule has 3 nitrogen and oxygen atoms in total. The van der Waals surface area contributed by atoms with Gasteiger partial charge in [0.1, 0.15) is 17.2 Å². The highest BCUT2D eigenvalue weighted by Gasteiger charge is 2.31. The van der Waals surface area contributed by atoms with Crippen molar-refractivity contribution in [2.75, 3.05) is 0 Å². The van der Waals surface area contributed by atoms with Crippen LogP contribution in [0.3, 0.4) is 0 Å². The molecule has 41 heavy (non-hydrogen) atoms. The van der Waals surface area contributed by atoms with E-state index in [1.54, 1.807) is 31.2 Å². The number of hydrogen-bond donors (Lipinski definition) is 0. The van der Waals surface area contributed by atoms with E-state index in [0.29, 0.717) is 50.4 Å². The van der Waals surface area contributed by atoms with Gasteiger partial charge in [-0.05, 0) is 78.6 Å². The summed E-state index contributed by atoms with van der Waals surface area (Å²) in [6.07, 6.45) is 2.38. The lowest BCUT2D eigenvalue weighted by molar-refractivity contribution is 0.0942. The van der Waals surface area contributed by atoms with Crippen LogP contribution in [0.15, 0.2) is 95.4 Å². The van der Waals surface area contributed by atoms with Crippen LogP contribution < -0.4 is 0 Å². The number of rotatable bonds is 10. The molecule has 5 heteroatoms. The average molecular weight is 567 g/mol. The van der Waals surface area contributed by atoms with Gasteiger partial charge in [0.15, 0.2) is 11.6 Å². The second-order valence-corrected chi connectivity index (χ2v) is 10.9. The SMILES string of the molecule is CCC(=O)c1c(-c2ccc(F)cc2)oc2ccc(-c3cc(C(=O)CC(CC)(CC)c4ccccc4)ccc3Cl)cc12. The zero-order valence-corrected chi connectivity index (χ0v) is 24.2. The topological polar surface area (TPSA) is 47.3 Å². The van der Waals surface area contributed by atoms with E-state index in [9.17, 15) is 14.0 Å². The first-order chi connectivity index (χ1) is 19.8. The normalized spacial score (nSPS) is 11.6. The Morgan fingerprint density at radius 2 is 1.49 bits per heavy atom. The van der Waals surface area contributed by atoms with Gasteiger partial charge in [-0.3, -0.25) is 9.59 Å². The van der Waals surface area contributed by atoms with Gasteiger partial charge in [-0.15, -0.1) is 0 Å². The molecule has 0 aliphatic carbocycles. The second-order valence-electron chi connectivity index (χ2n) is 10.4. The van der Waals surface area contributed by atoms with Gasteiger partial charge in [0, 0.05) is 45.4 Å². The Labute approximate surface area is 245 Å².